The van der Waals surface area contributed by atoms with Crippen molar-refractivity contribution >= 4 is 29.4 Å². The summed E-state index contributed by atoms with van der Waals surface area (Å²) in [5.41, 5.74) is 0.547. The van der Waals surface area contributed by atoms with Crippen LogP contribution in [0.3, 0.4) is 0 Å². The molecule has 6 nitrogen and oxygen atoms in total. The second kappa shape index (κ2) is 9.12. The number of hydrogen-bond donors (Lipinski definition) is 3. The Morgan fingerprint density at radius 1 is 1.43 bits per heavy atom. The van der Waals surface area contributed by atoms with Crippen LogP contribution in [-0.2, 0) is 4.79 Å². The van der Waals surface area contributed by atoms with E-state index < -0.39 is 12.6 Å². The maximum Gasteiger partial charge on any atom is 0.341 e. The van der Waals surface area contributed by atoms with Gasteiger partial charge in [-0.15, -0.1) is 0 Å². The van der Waals surface area contributed by atoms with Gasteiger partial charge in [-0.05, 0) is 24.8 Å². The minimum atomic E-state index is -1.05. The second-order valence-electron chi connectivity index (χ2n) is 4.37. The molecule has 1 aromatic rings. The zero-order chi connectivity index (χ0) is 15.7. The first-order valence-electron chi connectivity index (χ1n) is 6.61. The molecule has 0 radical (unpaired) electrons. The maximum absolute atomic E-state index is 11.8. The quantitative estimate of drug-likeness (QED) is 0.686. The molecular weight excluding hydrogens is 292 g/mol. The molecule has 0 aromatic heterocycles. The Kier molecular flexibility index (Phi) is 7.45. The first-order chi connectivity index (χ1) is 10.0. The van der Waals surface area contributed by atoms with Crippen LogP contribution in [0.15, 0.2) is 24.3 Å². The van der Waals surface area contributed by atoms with Gasteiger partial charge in [0.1, 0.15) is 5.75 Å². The predicted molar refractivity (Wildman–Crippen MR) is 84.2 cm³/mol. The summed E-state index contributed by atoms with van der Waals surface area (Å²) in [7, 11) is 0. The van der Waals surface area contributed by atoms with E-state index in [9.17, 15) is 9.59 Å². The lowest BCUT2D eigenvalue weighted by Crippen LogP contribution is -2.37. The topological polar surface area (TPSA) is 87.7 Å². The summed E-state index contributed by atoms with van der Waals surface area (Å²) in [6, 6.07) is 6.37. The Hall–Kier alpha value is -1.89. The molecule has 0 bridgehead atoms. The van der Waals surface area contributed by atoms with E-state index in [2.05, 4.69) is 17.6 Å². The summed E-state index contributed by atoms with van der Waals surface area (Å²) >= 11 is 1.76. The van der Waals surface area contributed by atoms with Crippen molar-refractivity contribution in [3.05, 3.63) is 24.3 Å². The minimum absolute atomic E-state index is 0.0707. The van der Waals surface area contributed by atoms with Crippen LogP contribution >= 0.6 is 11.8 Å². The molecule has 1 aromatic carbocycles. The SMILES string of the molecule is CCSCC(C)NC(=O)Nc1cccc(OCC(=O)O)c1. The molecule has 116 valence electrons. The highest BCUT2D eigenvalue weighted by atomic mass is 32.2. The number of aliphatic carboxylic acids is 1. The van der Waals surface area contributed by atoms with E-state index >= 15 is 0 Å². The van der Waals surface area contributed by atoms with Crippen molar-refractivity contribution in [1.29, 1.82) is 0 Å². The van der Waals surface area contributed by atoms with Crippen molar-refractivity contribution in [2.24, 2.45) is 0 Å². The Bertz CT molecular complexity index is 482. The van der Waals surface area contributed by atoms with E-state index in [1.807, 2.05) is 6.92 Å². The number of rotatable bonds is 8. The second-order valence-corrected chi connectivity index (χ2v) is 5.69. The van der Waals surface area contributed by atoms with Gasteiger partial charge in [-0.3, -0.25) is 0 Å². The summed E-state index contributed by atoms with van der Waals surface area (Å²) in [5, 5.41) is 14.1. The van der Waals surface area contributed by atoms with Crippen LogP contribution in [0.1, 0.15) is 13.8 Å². The molecule has 0 spiro atoms. The van der Waals surface area contributed by atoms with Crippen molar-refractivity contribution in [3.8, 4) is 5.75 Å². The van der Waals surface area contributed by atoms with E-state index in [0.29, 0.717) is 11.4 Å². The van der Waals surface area contributed by atoms with Gasteiger partial charge in [0.2, 0.25) is 0 Å². The fourth-order valence-corrected chi connectivity index (χ4v) is 2.21. The lowest BCUT2D eigenvalue weighted by Gasteiger charge is -2.14. The highest BCUT2D eigenvalue weighted by Gasteiger charge is 2.08. The average molecular weight is 312 g/mol. The highest BCUT2D eigenvalue weighted by Crippen LogP contribution is 2.17. The Balaban J connectivity index is 2.48. The molecule has 21 heavy (non-hydrogen) atoms. The molecule has 1 atom stereocenters. The number of carbonyl (C=O) groups excluding carboxylic acids is 1. The molecule has 7 heteroatoms. The van der Waals surface area contributed by atoms with Crippen LogP contribution in [0.2, 0.25) is 0 Å². The Morgan fingerprint density at radius 2 is 2.19 bits per heavy atom. The van der Waals surface area contributed by atoms with Gasteiger partial charge in [0, 0.05) is 23.5 Å². The van der Waals surface area contributed by atoms with Crippen molar-refractivity contribution in [2.45, 2.75) is 19.9 Å². The molecule has 3 N–H and O–H groups in total. The first kappa shape index (κ1) is 17.2. The van der Waals surface area contributed by atoms with Crippen molar-refractivity contribution < 1.29 is 19.4 Å². The molecule has 0 aliphatic heterocycles. The molecule has 2 amide bonds. The monoisotopic (exact) mass is 312 g/mol. The van der Waals surface area contributed by atoms with Gasteiger partial charge >= 0.3 is 12.0 Å². The minimum Gasteiger partial charge on any atom is -0.482 e. The van der Waals surface area contributed by atoms with Crippen LogP contribution in [-0.4, -0.2) is 41.3 Å². The smallest absolute Gasteiger partial charge is 0.341 e. The van der Waals surface area contributed by atoms with Crippen molar-refractivity contribution in [3.63, 3.8) is 0 Å². The average Bonchev–Trinajstić information content (AvgIpc) is 2.43. The highest BCUT2D eigenvalue weighted by molar-refractivity contribution is 7.99. The summed E-state index contributed by atoms with van der Waals surface area (Å²) in [6.07, 6.45) is 0. The van der Waals surface area contributed by atoms with Gasteiger partial charge in [0.15, 0.2) is 6.61 Å². The van der Waals surface area contributed by atoms with Crippen LogP contribution < -0.4 is 15.4 Å². The van der Waals surface area contributed by atoms with Gasteiger partial charge in [-0.2, -0.15) is 11.8 Å². The number of nitrogens with one attached hydrogen (secondary N) is 2. The summed E-state index contributed by atoms with van der Waals surface area (Å²) < 4.78 is 5.05. The van der Waals surface area contributed by atoms with Gasteiger partial charge in [0.25, 0.3) is 0 Å². The standard InChI is InChI=1S/C14H20N2O4S/c1-3-21-9-10(2)15-14(19)16-11-5-4-6-12(7-11)20-8-13(17)18/h4-7,10H,3,8-9H2,1-2H3,(H,17,18)(H2,15,16,19). The van der Waals surface area contributed by atoms with Gasteiger partial charge < -0.3 is 20.5 Å². The third-order valence-electron chi connectivity index (χ3n) is 2.40. The van der Waals surface area contributed by atoms with Gasteiger partial charge in [-0.25, -0.2) is 9.59 Å². The van der Waals surface area contributed by atoms with Crippen LogP contribution in [0, 0.1) is 0 Å². The third-order valence-corrected chi connectivity index (χ3v) is 3.55. The van der Waals surface area contributed by atoms with E-state index in [1.54, 1.807) is 36.0 Å². The van der Waals surface area contributed by atoms with Crippen LogP contribution in [0.25, 0.3) is 0 Å². The summed E-state index contributed by atoms with van der Waals surface area (Å²) in [5.74, 6) is 1.21. The normalized spacial score (nSPS) is 11.5. The van der Waals surface area contributed by atoms with Crippen molar-refractivity contribution in [1.82, 2.24) is 5.32 Å². The number of thioether (sulfide) groups is 1. The van der Waals surface area contributed by atoms with Crippen LogP contribution in [0.4, 0.5) is 10.5 Å². The number of urea groups is 1. The molecule has 0 saturated heterocycles. The van der Waals surface area contributed by atoms with E-state index in [0.717, 1.165) is 11.5 Å². The zero-order valence-corrected chi connectivity index (χ0v) is 12.9. The number of anilines is 1. The molecule has 1 unspecified atom stereocenters. The maximum atomic E-state index is 11.8. The van der Waals surface area contributed by atoms with E-state index in [1.165, 1.54) is 0 Å². The Labute approximate surface area is 128 Å². The molecular formula is C14H20N2O4S. The molecule has 0 aliphatic carbocycles. The number of benzene rings is 1. The van der Waals surface area contributed by atoms with Crippen molar-refractivity contribution in [2.75, 3.05) is 23.4 Å². The number of hydrogen-bond acceptors (Lipinski definition) is 4. The molecule has 1 rings (SSSR count). The van der Waals surface area contributed by atoms with E-state index in [-0.39, 0.29) is 12.1 Å². The number of carbonyl (C=O) groups is 2. The summed E-state index contributed by atoms with van der Waals surface area (Å²) in [6.45, 7) is 3.59. The number of carboxylic acids is 1. The van der Waals surface area contributed by atoms with Gasteiger partial charge in [-0.1, -0.05) is 13.0 Å². The largest absolute Gasteiger partial charge is 0.482 e. The Morgan fingerprint density at radius 3 is 2.86 bits per heavy atom. The number of ether oxygens (including phenoxy) is 1. The lowest BCUT2D eigenvalue weighted by atomic mass is 10.3. The van der Waals surface area contributed by atoms with E-state index in [4.69, 9.17) is 9.84 Å². The third kappa shape index (κ3) is 7.45. The van der Waals surface area contributed by atoms with Crippen LogP contribution in [0.5, 0.6) is 5.75 Å². The fourth-order valence-electron chi connectivity index (χ4n) is 1.54. The summed E-state index contributed by atoms with van der Waals surface area (Å²) in [4.78, 5) is 22.2. The lowest BCUT2D eigenvalue weighted by molar-refractivity contribution is -0.139. The number of carboxylic acid groups (broad SMARTS) is 1. The molecule has 0 fully saturated rings. The van der Waals surface area contributed by atoms with Gasteiger partial charge in [0.05, 0.1) is 0 Å². The molecule has 0 aliphatic rings. The zero-order valence-electron chi connectivity index (χ0n) is 12.1. The first-order valence-corrected chi connectivity index (χ1v) is 7.76. The molecule has 0 heterocycles. The number of amides is 2. The fraction of sp³-hybridized carbons (Fsp3) is 0.429. The molecule has 0 saturated carbocycles. The predicted octanol–water partition coefficient (Wildman–Crippen LogP) is 2.41.